The van der Waals surface area contributed by atoms with Gasteiger partial charge in [-0.3, -0.25) is 4.79 Å². The molecule has 1 aromatic carbocycles. The molecule has 1 N–H and O–H groups in total. The van der Waals surface area contributed by atoms with Crippen molar-refractivity contribution in [2.24, 2.45) is 5.41 Å². The lowest BCUT2D eigenvalue weighted by molar-refractivity contribution is -0.131. The molecule has 4 heteroatoms. The van der Waals surface area contributed by atoms with Crippen LogP contribution in [0.5, 0.6) is 0 Å². The van der Waals surface area contributed by atoms with Crippen LogP contribution in [0.4, 0.5) is 0 Å². The van der Waals surface area contributed by atoms with Crippen molar-refractivity contribution in [2.45, 2.75) is 33.3 Å². The number of hydrogen-bond donors (Lipinski definition) is 1. The molecule has 1 aromatic rings. The number of rotatable bonds is 3. The van der Waals surface area contributed by atoms with Crippen molar-refractivity contribution in [1.82, 2.24) is 0 Å². The zero-order valence-electron chi connectivity index (χ0n) is 10.1. The van der Waals surface area contributed by atoms with E-state index in [1.807, 2.05) is 20.8 Å². The number of aliphatic hydroxyl groups is 1. The van der Waals surface area contributed by atoms with Gasteiger partial charge in [-0.1, -0.05) is 56.1 Å². The maximum Gasteiger partial charge on any atom is 0.166 e. The predicted molar refractivity (Wildman–Crippen MR) is 70.6 cm³/mol. The molecule has 1 rings (SSSR count). The molecule has 94 valence electrons. The quantitative estimate of drug-likeness (QED) is 0.916. The summed E-state index contributed by atoms with van der Waals surface area (Å²) in [5, 5.41) is 10.6. The molecule has 0 amide bonds. The number of carbonyl (C=O) groups is 1. The fraction of sp³-hybridized carbons (Fsp3) is 0.462. The maximum atomic E-state index is 11.9. The smallest absolute Gasteiger partial charge is 0.166 e. The SMILES string of the molecule is CC(C)(C)C(O)C(=O)Cc1cccc(Cl)c1Cl. The van der Waals surface area contributed by atoms with Gasteiger partial charge in [0.15, 0.2) is 5.78 Å². The van der Waals surface area contributed by atoms with Gasteiger partial charge in [-0.2, -0.15) is 0 Å². The lowest BCUT2D eigenvalue weighted by Gasteiger charge is -2.24. The highest BCUT2D eigenvalue weighted by Gasteiger charge is 2.29. The van der Waals surface area contributed by atoms with Crippen LogP contribution in [0, 0.1) is 5.41 Å². The first kappa shape index (κ1) is 14.5. The van der Waals surface area contributed by atoms with Crippen LogP contribution in [0.25, 0.3) is 0 Å². The summed E-state index contributed by atoms with van der Waals surface area (Å²) in [7, 11) is 0. The molecule has 0 aliphatic carbocycles. The molecule has 17 heavy (non-hydrogen) atoms. The van der Waals surface area contributed by atoms with Gasteiger partial charge >= 0.3 is 0 Å². The Labute approximate surface area is 112 Å². The molecule has 2 nitrogen and oxygen atoms in total. The van der Waals surface area contributed by atoms with E-state index < -0.39 is 11.5 Å². The van der Waals surface area contributed by atoms with Crippen molar-refractivity contribution in [1.29, 1.82) is 0 Å². The van der Waals surface area contributed by atoms with Gasteiger partial charge in [-0.15, -0.1) is 0 Å². The number of Topliss-reactive ketones (excluding diaryl/α,β-unsaturated/α-hetero) is 1. The highest BCUT2D eigenvalue weighted by Crippen LogP contribution is 2.27. The second-order valence-corrected chi connectivity index (χ2v) is 5.91. The van der Waals surface area contributed by atoms with E-state index in [0.29, 0.717) is 15.6 Å². The summed E-state index contributed by atoms with van der Waals surface area (Å²) in [5.41, 5.74) is 0.176. The topological polar surface area (TPSA) is 37.3 Å². The average molecular weight is 275 g/mol. The van der Waals surface area contributed by atoms with Crippen molar-refractivity contribution in [2.75, 3.05) is 0 Å². The summed E-state index contributed by atoms with van der Waals surface area (Å²) < 4.78 is 0. The van der Waals surface area contributed by atoms with Crippen molar-refractivity contribution >= 4 is 29.0 Å². The fourth-order valence-corrected chi connectivity index (χ4v) is 1.84. The summed E-state index contributed by atoms with van der Waals surface area (Å²) in [6.07, 6.45) is -0.907. The number of halogens is 2. The third-order valence-corrected chi connectivity index (χ3v) is 3.38. The summed E-state index contributed by atoms with van der Waals surface area (Å²) in [4.78, 5) is 11.9. The van der Waals surface area contributed by atoms with Gasteiger partial charge in [0.2, 0.25) is 0 Å². The molecule has 0 aliphatic heterocycles. The Hall–Kier alpha value is -0.570. The van der Waals surface area contributed by atoms with Gasteiger partial charge in [-0.05, 0) is 17.0 Å². The zero-order valence-corrected chi connectivity index (χ0v) is 11.6. The Bertz CT molecular complexity index is 422. The van der Waals surface area contributed by atoms with E-state index in [2.05, 4.69) is 0 Å². The molecule has 1 atom stereocenters. The summed E-state index contributed by atoms with van der Waals surface area (Å²) in [6.45, 7) is 5.44. The van der Waals surface area contributed by atoms with Gasteiger partial charge in [-0.25, -0.2) is 0 Å². The van der Waals surface area contributed by atoms with Crippen molar-refractivity contribution < 1.29 is 9.90 Å². The van der Waals surface area contributed by atoms with Crippen LogP contribution >= 0.6 is 23.2 Å². The first-order chi connectivity index (χ1) is 7.73. The Morgan fingerprint density at radius 1 is 1.35 bits per heavy atom. The second kappa shape index (κ2) is 5.38. The van der Waals surface area contributed by atoms with E-state index in [0.717, 1.165) is 0 Å². The third kappa shape index (κ3) is 3.70. The van der Waals surface area contributed by atoms with E-state index in [4.69, 9.17) is 23.2 Å². The molecule has 0 aromatic heterocycles. The van der Waals surface area contributed by atoms with Crippen LogP contribution in [0.15, 0.2) is 18.2 Å². The van der Waals surface area contributed by atoms with Gasteiger partial charge in [0, 0.05) is 6.42 Å². The summed E-state index contributed by atoms with van der Waals surface area (Å²) in [6, 6.07) is 5.14. The molecular formula is C13H16Cl2O2. The minimum Gasteiger partial charge on any atom is -0.385 e. The lowest BCUT2D eigenvalue weighted by atomic mass is 9.85. The molecule has 0 radical (unpaired) electrons. The highest BCUT2D eigenvalue weighted by atomic mass is 35.5. The summed E-state index contributed by atoms with van der Waals surface area (Å²) in [5.74, 6) is -0.248. The largest absolute Gasteiger partial charge is 0.385 e. The number of hydrogen-bond acceptors (Lipinski definition) is 2. The van der Waals surface area contributed by atoms with Crippen molar-refractivity contribution in [3.05, 3.63) is 33.8 Å². The van der Waals surface area contributed by atoms with E-state index >= 15 is 0 Å². The van der Waals surface area contributed by atoms with E-state index in [1.165, 1.54) is 0 Å². The van der Waals surface area contributed by atoms with Crippen LogP contribution < -0.4 is 0 Å². The van der Waals surface area contributed by atoms with Gasteiger partial charge < -0.3 is 5.11 Å². The molecule has 0 heterocycles. The van der Waals surface area contributed by atoms with Crippen LogP contribution in [0.3, 0.4) is 0 Å². The van der Waals surface area contributed by atoms with Gasteiger partial charge in [0.1, 0.15) is 6.10 Å². The molecule has 1 unspecified atom stereocenters. The summed E-state index contributed by atoms with van der Waals surface area (Å²) >= 11 is 11.9. The van der Waals surface area contributed by atoms with E-state index in [-0.39, 0.29) is 12.2 Å². The van der Waals surface area contributed by atoms with Crippen LogP contribution in [0.1, 0.15) is 26.3 Å². The first-order valence-corrected chi connectivity index (χ1v) is 6.12. The zero-order chi connectivity index (χ0) is 13.2. The standard InChI is InChI=1S/C13H16Cl2O2/c1-13(2,3)12(17)10(16)7-8-5-4-6-9(14)11(8)15/h4-6,12,17H,7H2,1-3H3. The second-order valence-electron chi connectivity index (χ2n) is 5.12. The Balaban J connectivity index is 2.86. The Morgan fingerprint density at radius 3 is 2.47 bits per heavy atom. The maximum absolute atomic E-state index is 11.9. The minimum atomic E-state index is -1.00. The van der Waals surface area contributed by atoms with Crippen molar-refractivity contribution in [3.8, 4) is 0 Å². The molecule has 0 spiro atoms. The number of aliphatic hydroxyl groups excluding tert-OH is 1. The molecule has 0 saturated heterocycles. The van der Waals surface area contributed by atoms with E-state index in [9.17, 15) is 9.90 Å². The van der Waals surface area contributed by atoms with Gasteiger partial charge in [0.05, 0.1) is 10.0 Å². The van der Waals surface area contributed by atoms with Crippen LogP contribution in [-0.2, 0) is 11.2 Å². The Kier molecular flexibility index (Phi) is 4.59. The number of ketones is 1. The molecular weight excluding hydrogens is 259 g/mol. The highest BCUT2D eigenvalue weighted by molar-refractivity contribution is 6.42. The number of benzene rings is 1. The monoisotopic (exact) mass is 274 g/mol. The Morgan fingerprint density at radius 2 is 1.94 bits per heavy atom. The predicted octanol–water partition coefficient (Wildman–Crippen LogP) is 3.51. The lowest BCUT2D eigenvalue weighted by Crippen LogP contribution is -2.35. The molecule has 0 saturated carbocycles. The van der Waals surface area contributed by atoms with Crippen LogP contribution in [0.2, 0.25) is 10.0 Å². The molecule has 0 fully saturated rings. The van der Waals surface area contributed by atoms with E-state index in [1.54, 1.807) is 18.2 Å². The molecule has 0 bridgehead atoms. The molecule has 0 aliphatic rings. The first-order valence-electron chi connectivity index (χ1n) is 5.37. The van der Waals surface area contributed by atoms with Gasteiger partial charge in [0.25, 0.3) is 0 Å². The normalized spacial score (nSPS) is 13.5. The van der Waals surface area contributed by atoms with Crippen LogP contribution in [-0.4, -0.2) is 17.0 Å². The number of carbonyl (C=O) groups excluding carboxylic acids is 1. The fourth-order valence-electron chi connectivity index (χ4n) is 1.45. The average Bonchev–Trinajstić information content (AvgIpc) is 2.22. The van der Waals surface area contributed by atoms with Crippen molar-refractivity contribution in [3.63, 3.8) is 0 Å². The third-order valence-electron chi connectivity index (χ3n) is 2.52. The minimum absolute atomic E-state index is 0.0951.